The molecule has 3 rings (SSSR count). The van der Waals surface area contributed by atoms with E-state index < -0.39 is 26.6 Å². The third-order valence-electron chi connectivity index (χ3n) is 4.30. The number of esters is 1. The summed E-state index contributed by atoms with van der Waals surface area (Å²) in [5, 5.41) is 14.5. The molecule has 0 aliphatic carbocycles. The first-order valence-corrected chi connectivity index (χ1v) is 11.1. The molecule has 3 aromatic rings. The minimum absolute atomic E-state index is 0.0302. The van der Waals surface area contributed by atoms with E-state index >= 15 is 0 Å². The Morgan fingerprint density at radius 2 is 1.70 bits per heavy atom. The Morgan fingerprint density at radius 1 is 1.06 bits per heavy atom. The van der Waals surface area contributed by atoms with Crippen LogP contribution < -0.4 is 15.6 Å². The molecule has 0 amide bonds. The molecule has 172 valence electrons. The maximum Gasteiger partial charge on any atom is 0.354 e. The molecule has 0 fully saturated rings. The quantitative estimate of drug-likeness (QED) is 0.239. The largest absolute Gasteiger partial charge is 0.462 e. The highest BCUT2D eigenvalue weighted by Crippen LogP contribution is 2.31. The number of nitro groups is 1. The lowest BCUT2D eigenvalue weighted by Gasteiger charge is -2.11. The van der Waals surface area contributed by atoms with Gasteiger partial charge in [0.1, 0.15) is 6.33 Å². The van der Waals surface area contributed by atoms with Crippen molar-refractivity contribution in [3.05, 3.63) is 76.1 Å². The van der Waals surface area contributed by atoms with Gasteiger partial charge < -0.3 is 10.1 Å². The third kappa shape index (κ3) is 5.78. The minimum Gasteiger partial charge on any atom is -0.462 e. The fraction of sp³-hybridized carbons (Fsp3) is 0.150. The molecule has 1 aromatic heterocycles. The number of benzene rings is 2. The van der Waals surface area contributed by atoms with Crippen LogP contribution in [0.5, 0.6) is 0 Å². The Morgan fingerprint density at radius 3 is 2.30 bits per heavy atom. The van der Waals surface area contributed by atoms with Crippen LogP contribution in [0.15, 0.2) is 59.8 Å². The number of nitrogens with one attached hydrogen (secondary N) is 3. The normalized spacial score (nSPS) is 11.0. The molecule has 0 saturated heterocycles. The van der Waals surface area contributed by atoms with Gasteiger partial charge in [0, 0.05) is 5.69 Å². The van der Waals surface area contributed by atoms with Crippen LogP contribution >= 0.6 is 0 Å². The number of nitrogens with zero attached hydrogens (tertiary/aromatic N) is 3. The fourth-order valence-electron chi connectivity index (χ4n) is 2.67. The van der Waals surface area contributed by atoms with E-state index in [0.29, 0.717) is 11.3 Å². The van der Waals surface area contributed by atoms with Gasteiger partial charge in [-0.1, -0.05) is 17.7 Å². The Kier molecular flexibility index (Phi) is 7.15. The van der Waals surface area contributed by atoms with Gasteiger partial charge in [0.05, 0.1) is 22.0 Å². The Hall–Kier alpha value is -4.10. The predicted molar refractivity (Wildman–Crippen MR) is 119 cm³/mol. The molecular weight excluding hydrogens is 452 g/mol. The van der Waals surface area contributed by atoms with E-state index in [1.54, 1.807) is 19.1 Å². The maximum absolute atomic E-state index is 12.5. The summed E-state index contributed by atoms with van der Waals surface area (Å²) < 4.78 is 29.8. The number of hydrogen-bond donors (Lipinski definition) is 3. The predicted octanol–water partition coefficient (Wildman–Crippen LogP) is 2.92. The average Bonchev–Trinajstić information content (AvgIpc) is 2.78. The number of rotatable bonds is 9. The van der Waals surface area contributed by atoms with E-state index in [9.17, 15) is 23.3 Å². The summed E-state index contributed by atoms with van der Waals surface area (Å²) in [6, 6.07) is 12.1. The number of carbonyl (C=O) groups is 1. The zero-order valence-electron chi connectivity index (χ0n) is 17.6. The monoisotopic (exact) mass is 472 g/mol. The lowest BCUT2D eigenvalue weighted by Crippen LogP contribution is -2.30. The van der Waals surface area contributed by atoms with Gasteiger partial charge in [0.2, 0.25) is 11.6 Å². The lowest BCUT2D eigenvalue weighted by molar-refractivity contribution is -0.383. The van der Waals surface area contributed by atoms with Crippen LogP contribution in [0.4, 0.5) is 23.0 Å². The van der Waals surface area contributed by atoms with Crippen molar-refractivity contribution in [1.82, 2.24) is 14.8 Å². The summed E-state index contributed by atoms with van der Waals surface area (Å²) in [5.41, 5.74) is 3.28. The summed E-state index contributed by atoms with van der Waals surface area (Å²) in [5.74, 6) is -1.04. The molecule has 0 radical (unpaired) electrons. The first-order chi connectivity index (χ1) is 15.7. The van der Waals surface area contributed by atoms with Crippen molar-refractivity contribution in [2.45, 2.75) is 18.7 Å². The molecule has 3 N–H and O–H groups in total. The topological polar surface area (TPSA) is 165 Å². The molecule has 0 aliphatic rings. The van der Waals surface area contributed by atoms with Gasteiger partial charge in [-0.15, -0.1) is 4.83 Å². The number of carbonyl (C=O) groups excluding carboxylic acids is 1. The number of aromatic nitrogens is 2. The molecule has 0 bridgehead atoms. The Balaban J connectivity index is 1.82. The van der Waals surface area contributed by atoms with E-state index in [4.69, 9.17) is 4.74 Å². The van der Waals surface area contributed by atoms with Gasteiger partial charge in [-0.25, -0.2) is 23.2 Å². The summed E-state index contributed by atoms with van der Waals surface area (Å²) in [6.45, 7) is 3.73. The average molecular weight is 472 g/mol. The van der Waals surface area contributed by atoms with E-state index in [1.165, 1.54) is 36.4 Å². The zero-order chi connectivity index (χ0) is 24.0. The summed E-state index contributed by atoms with van der Waals surface area (Å²) in [7, 11) is -4.02. The van der Waals surface area contributed by atoms with Gasteiger partial charge in [-0.2, -0.15) is 0 Å². The van der Waals surface area contributed by atoms with E-state index in [0.717, 1.165) is 11.9 Å². The first kappa shape index (κ1) is 23.6. The van der Waals surface area contributed by atoms with Crippen molar-refractivity contribution in [2.75, 3.05) is 17.3 Å². The number of hydrazine groups is 1. The van der Waals surface area contributed by atoms with Crippen LogP contribution in [0.2, 0.25) is 0 Å². The number of ether oxygens (including phenoxy) is 1. The van der Waals surface area contributed by atoms with Gasteiger partial charge in [0.25, 0.3) is 10.0 Å². The molecule has 0 saturated carbocycles. The van der Waals surface area contributed by atoms with Crippen molar-refractivity contribution >= 4 is 39.0 Å². The van der Waals surface area contributed by atoms with E-state index in [2.05, 4.69) is 25.5 Å². The number of anilines is 3. The van der Waals surface area contributed by atoms with Crippen LogP contribution in [-0.2, 0) is 14.8 Å². The first-order valence-electron chi connectivity index (χ1n) is 9.59. The molecule has 12 nitrogen and oxygen atoms in total. The van der Waals surface area contributed by atoms with Gasteiger partial charge >= 0.3 is 11.7 Å². The van der Waals surface area contributed by atoms with Crippen LogP contribution in [0.25, 0.3) is 0 Å². The molecule has 1 heterocycles. The van der Waals surface area contributed by atoms with Crippen molar-refractivity contribution in [3.8, 4) is 0 Å². The molecule has 0 atom stereocenters. The minimum atomic E-state index is -4.02. The van der Waals surface area contributed by atoms with Crippen LogP contribution in [0.1, 0.15) is 22.8 Å². The Bertz CT molecular complexity index is 1260. The maximum atomic E-state index is 12.5. The molecular formula is C20H20N6O6S. The summed E-state index contributed by atoms with van der Waals surface area (Å²) >= 11 is 0. The summed E-state index contributed by atoms with van der Waals surface area (Å²) in [6.07, 6.45) is 1.03. The second kappa shape index (κ2) is 10.0. The third-order valence-corrected chi connectivity index (χ3v) is 5.56. The molecule has 0 aliphatic heterocycles. The second-order valence-electron chi connectivity index (χ2n) is 6.64. The van der Waals surface area contributed by atoms with Crippen LogP contribution in [0, 0.1) is 17.0 Å². The molecule has 0 unspecified atom stereocenters. The Labute approximate surface area is 189 Å². The standard InChI is InChI=1S/C20H20N6O6S/c1-3-32-20(27)14-6-8-15(9-7-14)23-18-17(26(28)29)19(22-12-21-18)24-25-33(30,31)16-10-4-13(2)5-11-16/h4-12,25H,3H2,1-2H3,(H2,21,22,23,24). The second-order valence-corrected chi connectivity index (χ2v) is 8.33. The van der Waals surface area contributed by atoms with E-state index in [-0.39, 0.29) is 23.1 Å². The molecule has 0 spiro atoms. The molecule has 2 aromatic carbocycles. The fourth-order valence-corrected chi connectivity index (χ4v) is 3.51. The zero-order valence-corrected chi connectivity index (χ0v) is 18.4. The van der Waals surface area contributed by atoms with Gasteiger partial charge in [-0.3, -0.25) is 15.5 Å². The van der Waals surface area contributed by atoms with Crippen LogP contribution in [-0.4, -0.2) is 35.9 Å². The summed E-state index contributed by atoms with van der Waals surface area (Å²) in [4.78, 5) is 32.4. The van der Waals surface area contributed by atoms with Gasteiger partial charge in [0.15, 0.2) is 0 Å². The SMILES string of the molecule is CCOC(=O)c1ccc(Nc2ncnc(NNS(=O)(=O)c3ccc(C)cc3)c2[N+](=O)[O-])cc1. The number of aryl methyl sites for hydroxylation is 1. The van der Waals surface area contributed by atoms with Crippen molar-refractivity contribution in [3.63, 3.8) is 0 Å². The van der Waals surface area contributed by atoms with Crippen molar-refractivity contribution in [2.24, 2.45) is 0 Å². The highest BCUT2D eigenvalue weighted by atomic mass is 32.2. The smallest absolute Gasteiger partial charge is 0.354 e. The number of sulfonamides is 1. The van der Waals surface area contributed by atoms with Crippen molar-refractivity contribution < 1.29 is 22.9 Å². The van der Waals surface area contributed by atoms with Crippen LogP contribution in [0.3, 0.4) is 0 Å². The molecule has 13 heteroatoms. The molecule has 33 heavy (non-hydrogen) atoms. The highest BCUT2D eigenvalue weighted by Gasteiger charge is 2.25. The highest BCUT2D eigenvalue weighted by molar-refractivity contribution is 7.89. The van der Waals surface area contributed by atoms with Gasteiger partial charge in [-0.05, 0) is 50.2 Å². The lowest BCUT2D eigenvalue weighted by atomic mass is 10.2. The number of hydrogen-bond acceptors (Lipinski definition) is 10. The van der Waals surface area contributed by atoms with E-state index in [1.807, 2.05) is 6.92 Å². The van der Waals surface area contributed by atoms with Crippen molar-refractivity contribution in [1.29, 1.82) is 0 Å².